The molecule has 8 heteroatoms. The second-order valence-electron chi connectivity index (χ2n) is 8.13. The maximum Gasteiger partial charge on any atom is 0.175 e. The van der Waals surface area contributed by atoms with Crippen molar-refractivity contribution in [2.45, 2.75) is 37.5 Å². The van der Waals surface area contributed by atoms with Gasteiger partial charge in [0.1, 0.15) is 17.3 Å². The van der Waals surface area contributed by atoms with E-state index in [0.717, 1.165) is 11.8 Å². The number of ether oxygens (including phenoxy) is 1. The topological polar surface area (TPSA) is 60.4 Å². The normalized spacial score (nSPS) is 11.6. The Kier molecular flexibility index (Phi) is 7.83. The number of ketones is 1. The van der Waals surface area contributed by atoms with E-state index in [9.17, 15) is 17.6 Å². The van der Waals surface area contributed by atoms with Crippen LogP contribution in [0.3, 0.4) is 0 Å². The van der Waals surface area contributed by atoms with E-state index >= 15 is 0 Å². The quantitative estimate of drug-likeness (QED) is 0.335. The number of Topliss-reactive ketones (excluding diaryl/α,β-unsaturated/α-hetero) is 1. The summed E-state index contributed by atoms with van der Waals surface area (Å²) in [6, 6.07) is 13.8. The Morgan fingerprint density at radius 1 is 1.00 bits per heavy atom. The van der Waals surface area contributed by atoms with E-state index in [1.54, 1.807) is 30.3 Å². The van der Waals surface area contributed by atoms with Crippen molar-refractivity contribution in [2.75, 3.05) is 6.26 Å². The Bertz CT molecular complexity index is 1290. The monoisotopic (exact) mass is 508 g/mol. The van der Waals surface area contributed by atoms with Crippen LogP contribution >= 0.6 is 23.2 Å². The molecule has 0 saturated heterocycles. The van der Waals surface area contributed by atoms with Crippen LogP contribution in [0.1, 0.15) is 36.5 Å². The minimum absolute atomic E-state index is 0.0284. The summed E-state index contributed by atoms with van der Waals surface area (Å²) >= 11 is 12.8. The third-order valence-corrected chi connectivity index (χ3v) is 6.89. The van der Waals surface area contributed by atoms with Crippen molar-refractivity contribution in [2.24, 2.45) is 0 Å². The predicted molar refractivity (Wildman–Crippen MR) is 129 cm³/mol. The fraction of sp³-hybridized carbons (Fsp3) is 0.240. The van der Waals surface area contributed by atoms with Gasteiger partial charge in [0, 0.05) is 25.2 Å². The Hall–Kier alpha value is -2.41. The number of hydrogen-bond donors (Lipinski definition) is 0. The van der Waals surface area contributed by atoms with Crippen LogP contribution in [0.25, 0.3) is 0 Å². The van der Waals surface area contributed by atoms with E-state index < -0.39 is 15.7 Å². The van der Waals surface area contributed by atoms with E-state index in [0.29, 0.717) is 11.1 Å². The molecule has 0 bridgehead atoms. The molecular weight excluding hydrogens is 486 g/mol. The molecule has 0 aliphatic rings. The van der Waals surface area contributed by atoms with E-state index in [4.69, 9.17) is 27.9 Å². The predicted octanol–water partition coefficient (Wildman–Crippen LogP) is 6.81. The molecule has 3 aromatic rings. The fourth-order valence-corrected chi connectivity index (χ4v) is 4.40. The first kappa shape index (κ1) is 25.2. The molecule has 174 valence electrons. The van der Waals surface area contributed by atoms with E-state index in [-0.39, 0.29) is 51.0 Å². The molecule has 0 radical (unpaired) electrons. The average Bonchev–Trinajstić information content (AvgIpc) is 2.72. The van der Waals surface area contributed by atoms with Gasteiger partial charge in [-0.2, -0.15) is 0 Å². The second-order valence-corrected chi connectivity index (χ2v) is 10.9. The smallest absolute Gasteiger partial charge is 0.175 e. The van der Waals surface area contributed by atoms with Gasteiger partial charge in [0.15, 0.2) is 15.6 Å². The third kappa shape index (κ3) is 6.56. The first-order chi connectivity index (χ1) is 15.4. The van der Waals surface area contributed by atoms with Crippen molar-refractivity contribution in [1.29, 1.82) is 0 Å². The average molecular weight is 509 g/mol. The molecule has 0 saturated carbocycles. The molecule has 0 unspecified atom stereocenters. The van der Waals surface area contributed by atoms with Crippen LogP contribution in [0.15, 0.2) is 59.5 Å². The molecular formula is C25H23Cl2FO4S. The number of hydrogen-bond acceptors (Lipinski definition) is 4. The van der Waals surface area contributed by atoms with Gasteiger partial charge in [-0.15, -0.1) is 0 Å². The SMILES string of the molecule is CC(C)c1cc(F)cc(Oc2c(Cl)ccc(CC(=O)Cc3ccc(S(C)(=O)=O)cc3)c2Cl)c1. The van der Waals surface area contributed by atoms with Gasteiger partial charge in [-0.1, -0.05) is 55.2 Å². The highest BCUT2D eigenvalue weighted by Crippen LogP contribution is 2.39. The van der Waals surface area contributed by atoms with Crippen LogP contribution in [0, 0.1) is 5.82 Å². The third-order valence-electron chi connectivity index (χ3n) is 5.05. The standard InChI is InChI=1S/C25H23Cl2FO4S/c1-15(2)18-11-19(28)14-21(13-18)32-25-23(26)9-6-17(24(25)27)12-20(29)10-16-4-7-22(8-5-16)33(3,30)31/h4-9,11,13-15H,10,12H2,1-3H3. The van der Waals surface area contributed by atoms with Gasteiger partial charge in [-0.25, -0.2) is 12.8 Å². The minimum atomic E-state index is -3.30. The second kappa shape index (κ2) is 10.2. The van der Waals surface area contributed by atoms with Crippen molar-refractivity contribution >= 4 is 38.8 Å². The first-order valence-electron chi connectivity index (χ1n) is 10.2. The van der Waals surface area contributed by atoms with Gasteiger partial charge < -0.3 is 4.74 Å². The summed E-state index contributed by atoms with van der Waals surface area (Å²) in [5.74, 6) is -0.0374. The van der Waals surface area contributed by atoms with Crippen molar-refractivity contribution < 1.29 is 22.3 Å². The lowest BCUT2D eigenvalue weighted by Crippen LogP contribution is -2.08. The van der Waals surface area contributed by atoms with Crippen molar-refractivity contribution in [3.05, 3.63) is 87.2 Å². The van der Waals surface area contributed by atoms with Crippen LogP contribution in [-0.2, 0) is 27.5 Å². The van der Waals surface area contributed by atoms with Crippen LogP contribution < -0.4 is 4.74 Å². The molecule has 0 heterocycles. The number of carbonyl (C=O) groups is 1. The van der Waals surface area contributed by atoms with Crippen LogP contribution in [0.5, 0.6) is 11.5 Å². The lowest BCUT2D eigenvalue weighted by molar-refractivity contribution is -0.117. The minimum Gasteiger partial charge on any atom is -0.454 e. The van der Waals surface area contributed by atoms with Gasteiger partial charge in [0.05, 0.1) is 14.9 Å². The maximum absolute atomic E-state index is 14.0. The zero-order chi connectivity index (χ0) is 24.3. The largest absolute Gasteiger partial charge is 0.454 e. The molecule has 0 N–H and O–H groups in total. The zero-order valence-corrected chi connectivity index (χ0v) is 20.7. The summed E-state index contributed by atoms with van der Waals surface area (Å²) in [4.78, 5) is 12.8. The Balaban J connectivity index is 1.79. The highest BCUT2D eigenvalue weighted by Gasteiger charge is 2.17. The Morgan fingerprint density at radius 3 is 2.27 bits per heavy atom. The number of rotatable bonds is 8. The summed E-state index contributed by atoms with van der Waals surface area (Å²) in [7, 11) is -3.30. The van der Waals surface area contributed by atoms with E-state index in [2.05, 4.69) is 0 Å². The van der Waals surface area contributed by atoms with E-state index in [1.807, 2.05) is 13.8 Å². The van der Waals surface area contributed by atoms with Gasteiger partial charge in [0.2, 0.25) is 0 Å². The molecule has 0 aliphatic heterocycles. The Labute approximate surface area is 203 Å². The fourth-order valence-electron chi connectivity index (χ4n) is 3.25. The van der Waals surface area contributed by atoms with Crippen molar-refractivity contribution in [3.63, 3.8) is 0 Å². The maximum atomic E-state index is 14.0. The summed E-state index contributed by atoms with van der Waals surface area (Å²) in [5, 5.41) is 0.418. The summed E-state index contributed by atoms with van der Waals surface area (Å²) in [5.41, 5.74) is 1.98. The molecule has 0 aliphatic carbocycles. The molecule has 0 fully saturated rings. The van der Waals surface area contributed by atoms with Gasteiger partial charge in [-0.05, 0) is 52.9 Å². The summed E-state index contributed by atoms with van der Waals surface area (Å²) in [6.45, 7) is 3.89. The number of sulfone groups is 1. The van der Waals surface area contributed by atoms with Crippen molar-refractivity contribution in [3.8, 4) is 11.5 Å². The van der Waals surface area contributed by atoms with Gasteiger partial charge in [0.25, 0.3) is 0 Å². The highest BCUT2D eigenvalue weighted by atomic mass is 35.5. The number of benzene rings is 3. The molecule has 3 aromatic carbocycles. The first-order valence-corrected chi connectivity index (χ1v) is 12.8. The van der Waals surface area contributed by atoms with E-state index in [1.165, 1.54) is 24.3 Å². The Morgan fingerprint density at radius 2 is 1.67 bits per heavy atom. The molecule has 0 atom stereocenters. The van der Waals surface area contributed by atoms with Crippen LogP contribution in [0.4, 0.5) is 4.39 Å². The molecule has 0 amide bonds. The molecule has 3 rings (SSSR count). The van der Waals surface area contributed by atoms with Crippen LogP contribution in [0.2, 0.25) is 10.0 Å². The lowest BCUT2D eigenvalue weighted by Gasteiger charge is -2.14. The lowest BCUT2D eigenvalue weighted by atomic mass is 10.0. The van der Waals surface area contributed by atoms with Crippen LogP contribution in [-0.4, -0.2) is 20.5 Å². The number of carbonyl (C=O) groups excluding carboxylic acids is 1. The van der Waals surface area contributed by atoms with Crippen molar-refractivity contribution in [1.82, 2.24) is 0 Å². The van der Waals surface area contributed by atoms with Gasteiger partial charge >= 0.3 is 0 Å². The van der Waals surface area contributed by atoms with Gasteiger partial charge in [-0.3, -0.25) is 4.79 Å². The molecule has 33 heavy (non-hydrogen) atoms. The molecule has 0 aromatic heterocycles. The molecule has 4 nitrogen and oxygen atoms in total. The molecule has 0 spiro atoms. The summed E-state index contributed by atoms with van der Waals surface area (Å²) in [6.07, 6.45) is 1.27. The summed E-state index contributed by atoms with van der Waals surface area (Å²) < 4.78 is 43.0. The number of halogens is 3. The zero-order valence-electron chi connectivity index (χ0n) is 18.4. The highest BCUT2D eigenvalue weighted by molar-refractivity contribution is 7.90.